The van der Waals surface area contributed by atoms with Crippen LogP contribution in [-0.2, 0) is 0 Å². The largest absolute Gasteiger partial charge is 0.347 e. The van der Waals surface area contributed by atoms with E-state index in [0.717, 1.165) is 69.6 Å². The molecule has 35 heavy (non-hydrogen) atoms. The maximum atomic E-state index is 13.8. The molecule has 4 aliphatic carbocycles. The normalized spacial score (nSPS) is 26.7. The number of nitrogens with one attached hydrogen (secondary N) is 1. The topological polar surface area (TPSA) is 42.0 Å². The average Bonchev–Trinajstić information content (AvgIpc) is 2.78. The lowest BCUT2D eigenvalue weighted by Gasteiger charge is -2.56. The lowest BCUT2D eigenvalue weighted by Crippen LogP contribution is -2.59. The number of benzene rings is 2. The first-order valence-corrected chi connectivity index (χ1v) is 13.9. The van der Waals surface area contributed by atoms with Gasteiger partial charge in [-0.15, -0.1) is 0 Å². The Kier molecular flexibility index (Phi) is 5.98. The van der Waals surface area contributed by atoms with Crippen molar-refractivity contribution in [3.63, 3.8) is 0 Å². The van der Waals surface area contributed by atoms with E-state index in [1.54, 1.807) is 6.07 Å². The second-order valence-electron chi connectivity index (χ2n) is 10.8. The zero-order chi connectivity index (χ0) is 24.3. The number of carbonyl (C=O) groups excluding carboxylic acids is 1. The summed E-state index contributed by atoms with van der Waals surface area (Å²) in [4.78, 5) is 18.7. The summed E-state index contributed by atoms with van der Waals surface area (Å²) in [6.45, 7) is 1.92. The zero-order valence-electron chi connectivity index (χ0n) is 19.6. The van der Waals surface area contributed by atoms with Gasteiger partial charge in [-0.25, -0.2) is 0 Å². The Morgan fingerprint density at radius 2 is 1.57 bits per heavy atom. The standard InChI is InChI=1S/C29H27BrCl2N2O/c1-16-24(28(35)34-29-13-17-8-18(14-29)10-19(9-17)15-29)12-25(23-7-6-22(31)11-26(23)32)27(33-16)20-2-4-21(30)5-3-20/h2-7,11-12,17-19H,8-10,13-15H2,1H3,(H,34,35). The minimum atomic E-state index is -0.0548. The molecule has 1 N–H and O–H groups in total. The van der Waals surface area contributed by atoms with Crippen LogP contribution in [0.15, 0.2) is 53.0 Å². The van der Waals surface area contributed by atoms with Crippen LogP contribution in [0, 0.1) is 24.7 Å². The summed E-state index contributed by atoms with van der Waals surface area (Å²) < 4.78 is 0.996. The quantitative estimate of drug-likeness (QED) is 0.342. The molecule has 3 aromatic rings. The van der Waals surface area contributed by atoms with Gasteiger partial charge >= 0.3 is 0 Å². The first-order chi connectivity index (χ1) is 16.8. The molecular formula is C29H27BrCl2N2O. The van der Waals surface area contributed by atoms with E-state index in [1.165, 1.54) is 19.3 Å². The fourth-order valence-corrected chi connectivity index (χ4v) is 7.92. The van der Waals surface area contributed by atoms with Gasteiger partial charge in [0.2, 0.25) is 0 Å². The van der Waals surface area contributed by atoms with Crippen molar-refractivity contribution in [3.05, 3.63) is 74.3 Å². The SMILES string of the molecule is Cc1nc(-c2ccc(Br)cc2)c(-c2ccc(Cl)cc2Cl)cc1C(=O)NC12CC3CC(CC(C3)C1)C2. The number of aryl methyl sites for hydroxylation is 1. The van der Waals surface area contributed by atoms with Crippen molar-refractivity contribution in [1.82, 2.24) is 10.3 Å². The molecule has 0 unspecified atom stereocenters. The molecule has 0 spiro atoms. The fourth-order valence-electron chi connectivity index (χ4n) is 7.15. The van der Waals surface area contributed by atoms with E-state index in [1.807, 2.05) is 49.4 Å². The van der Waals surface area contributed by atoms with Gasteiger partial charge in [-0.05, 0) is 93.5 Å². The summed E-state index contributed by atoms with van der Waals surface area (Å²) in [6.07, 6.45) is 7.38. The Labute approximate surface area is 224 Å². The van der Waals surface area contributed by atoms with Crippen molar-refractivity contribution in [1.29, 1.82) is 0 Å². The van der Waals surface area contributed by atoms with Crippen LogP contribution >= 0.6 is 39.1 Å². The Hall–Kier alpha value is -1.88. The molecule has 0 aliphatic heterocycles. The molecule has 0 saturated heterocycles. The van der Waals surface area contributed by atoms with E-state index >= 15 is 0 Å². The average molecular weight is 570 g/mol. The third-order valence-electron chi connectivity index (χ3n) is 8.21. The smallest absolute Gasteiger partial charge is 0.253 e. The first-order valence-electron chi connectivity index (χ1n) is 12.3. The summed E-state index contributed by atoms with van der Waals surface area (Å²) in [7, 11) is 0. The van der Waals surface area contributed by atoms with Crippen molar-refractivity contribution >= 4 is 45.0 Å². The Balaban J connectivity index is 1.42. The monoisotopic (exact) mass is 568 g/mol. The van der Waals surface area contributed by atoms with Crippen molar-refractivity contribution in [3.8, 4) is 22.4 Å². The van der Waals surface area contributed by atoms with Crippen molar-refractivity contribution in [2.75, 3.05) is 0 Å². The van der Waals surface area contributed by atoms with Crippen LogP contribution in [0.3, 0.4) is 0 Å². The number of carbonyl (C=O) groups is 1. The summed E-state index contributed by atoms with van der Waals surface area (Å²) >= 11 is 16.3. The van der Waals surface area contributed by atoms with Crippen LogP contribution in [0.4, 0.5) is 0 Å². The maximum absolute atomic E-state index is 13.8. The van der Waals surface area contributed by atoms with Crippen molar-refractivity contribution in [2.24, 2.45) is 17.8 Å². The Bertz CT molecular complexity index is 1290. The molecule has 1 heterocycles. The Morgan fingerprint density at radius 3 is 2.17 bits per heavy atom. The maximum Gasteiger partial charge on any atom is 0.253 e. The summed E-state index contributed by atoms with van der Waals surface area (Å²) in [5, 5.41) is 4.62. The van der Waals surface area contributed by atoms with Gasteiger partial charge < -0.3 is 5.32 Å². The minimum absolute atomic E-state index is 0.0226. The van der Waals surface area contributed by atoms with Crippen LogP contribution in [0.1, 0.15) is 54.6 Å². The molecule has 180 valence electrons. The zero-order valence-corrected chi connectivity index (χ0v) is 22.7. The van der Waals surface area contributed by atoms with Crippen LogP contribution in [0.25, 0.3) is 22.4 Å². The lowest BCUT2D eigenvalue weighted by atomic mass is 9.53. The molecule has 4 fully saturated rings. The summed E-state index contributed by atoms with van der Waals surface area (Å²) in [5.41, 5.74) is 4.68. The first kappa shape index (κ1) is 23.5. The second-order valence-corrected chi connectivity index (χ2v) is 12.6. The van der Waals surface area contributed by atoms with E-state index in [9.17, 15) is 4.79 Å². The van der Waals surface area contributed by atoms with E-state index in [2.05, 4.69) is 21.2 Å². The summed E-state index contributed by atoms with van der Waals surface area (Å²) in [6, 6.07) is 15.5. The van der Waals surface area contributed by atoms with E-state index in [4.69, 9.17) is 28.2 Å². The third-order valence-corrected chi connectivity index (χ3v) is 9.29. The molecule has 4 aliphatic rings. The molecule has 0 atom stereocenters. The number of rotatable bonds is 4. The fraction of sp³-hybridized carbons (Fsp3) is 0.379. The molecule has 1 aromatic heterocycles. The summed E-state index contributed by atoms with van der Waals surface area (Å²) in [5.74, 6) is 2.28. The highest BCUT2D eigenvalue weighted by molar-refractivity contribution is 9.10. The molecule has 1 amide bonds. The van der Waals surface area contributed by atoms with Gasteiger partial charge in [-0.1, -0.05) is 57.3 Å². The highest BCUT2D eigenvalue weighted by atomic mass is 79.9. The number of amides is 1. The molecule has 7 rings (SSSR count). The third kappa shape index (κ3) is 4.43. The number of halogens is 3. The van der Waals surface area contributed by atoms with Gasteiger partial charge in [0, 0.05) is 36.7 Å². The van der Waals surface area contributed by atoms with Crippen LogP contribution in [0.5, 0.6) is 0 Å². The van der Waals surface area contributed by atoms with E-state index in [0.29, 0.717) is 15.6 Å². The molecule has 6 heteroatoms. The van der Waals surface area contributed by atoms with Gasteiger partial charge in [0.25, 0.3) is 5.91 Å². The van der Waals surface area contributed by atoms with Crippen LogP contribution < -0.4 is 5.32 Å². The number of pyridine rings is 1. The highest BCUT2D eigenvalue weighted by Gasteiger charge is 2.51. The predicted octanol–water partition coefficient (Wildman–Crippen LogP) is 8.49. The molecule has 0 radical (unpaired) electrons. The highest BCUT2D eigenvalue weighted by Crippen LogP contribution is 2.55. The molecule has 4 bridgehead atoms. The molecule has 4 saturated carbocycles. The van der Waals surface area contributed by atoms with Crippen LogP contribution in [-0.4, -0.2) is 16.4 Å². The lowest BCUT2D eigenvalue weighted by molar-refractivity contribution is -0.0167. The Morgan fingerprint density at radius 1 is 0.943 bits per heavy atom. The van der Waals surface area contributed by atoms with E-state index < -0.39 is 0 Å². The van der Waals surface area contributed by atoms with Gasteiger partial charge in [-0.3, -0.25) is 9.78 Å². The minimum Gasteiger partial charge on any atom is -0.347 e. The molecule has 3 nitrogen and oxygen atoms in total. The van der Waals surface area contributed by atoms with Gasteiger partial charge in [0.15, 0.2) is 0 Å². The molecular weight excluding hydrogens is 543 g/mol. The number of hydrogen-bond acceptors (Lipinski definition) is 2. The predicted molar refractivity (Wildman–Crippen MR) is 146 cm³/mol. The molecule has 2 aromatic carbocycles. The number of aromatic nitrogens is 1. The number of nitrogens with zero attached hydrogens (tertiary/aromatic N) is 1. The van der Waals surface area contributed by atoms with Gasteiger partial charge in [0.05, 0.1) is 17.0 Å². The number of hydrogen-bond donors (Lipinski definition) is 1. The van der Waals surface area contributed by atoms with Crippen molar-refractivity contribution < 1.29 is 4.79 Å². The van der Waals surface area contributed by atoms with Crippen molar-refractivity contribution in [2.45, 2.75) is 51.0 Å². The van der Waals surface area contributed by atoms with Gasteiger partial charge in [0.1, 0.15) is 0 Å². The second kappa shape index (κ2) is 8.90. The van der Waals surface area contributed by atoms with E-state index in [-0.39, 0.29) is 11.4 Å². The van der Waals surface area contributed by atoms with Gasteiger partial charge in [-0.2, -0.15) is 0 Å². The van der Waals surface area contributed by atoms with Crippen LogP contribution in [0.2, 0.25) is 10.0 Å².